The van der Waals surface area contributed by atoms with Crippen molar-refractivity contribution in [2.45, 2.75) is 18.9 Å². The fraction of sp³-hybridized carbons (Fsp3) is 0.714. The molecule has 2 N–H and O–H groups in total. The van der Waals surface area contributed by atoms with Crippen molar-refractivity contribution in [1.82, 2.24) is 4.90 Å². The van der Waals surface area contributed by atoms with E-state index in [-0.39, 0.29) is 30.9 Å². The second-order valence-electron chi connectivity index (χ2n) is 2.67. The maximum absolute atomic E-state index is 11.2. The standard InChI is InChI=1S/C7H11N3O.ClH/c8-3-5-10-4-1-2-6(9)7(10)11;/h6H,1-2,4-5,9H2;1H/t6-;/m1./s1. The lowest BCUT2D eigenvalue weighted by Crippen LogP contribution is -2.48. The molecule has 0 aliphatic carbocycles. The van der Waals surface area contributed by atoms with Gasteiger partial charge in [-0.15, -0.1) is 12.4 Å². The zero-order valence-electron chi connectivity index (χ0n) is 6.69. The van der Waals surface area contributed by atoms with Crippen LogP contribution in [0.5, 0.6) is 0 Å². The summed E-state index contributed by atoms with van der Waals surface area (Å²) in [5, 5.41) is 8.34. The molecule has 0 bridgehead atoms. The number of nitrogens with zero attached hydrogens (tertiary/aromatic N) is 2. The van der Waals surface area contributed by atoms with Crippen LogP contribution in [0.3, 0.4) is 0 Å². The highest BCUT2D eigenvalue weighted by molar-refractivity contribution is 5.85. The van der Waals surface area contributed by atoms with Crippen LogP contribution < -0.4 is 5.73 Å². The molecule has 1 heterocycles. The summed E-state index contributed by atoms with van der Waals surface area (Å²) in [6.45, 7) is 0.854. The Morgan fingerprint density at radius 1 is 1.75 bits per heavy atom. The largest absolute Gasteiger partial charge is 0.328 e. The Morgan fingerprint density at radius 3 is 3.00 bits per heavy atom. The third-order valence-electron chi connectivity index (χ3n) is 1.83. The van der Waals surface area contributed by atoms with Gasteiger partial charge in [-0.05, 0) is 12.8 Å². The van der Waals surface area contributed by atoms with Gasteiger partial charge in [0.1, 0.15) is 6.54 Å². The van der Waals surface area contributed by atoms with Gasteiger partial charge in [-0.25, -0.2) is 0 Å². The van der Waals surface area contributed by atoms with Gasteiger partial charge in [0.15, 0.2) is 0 Å². The molecule has 0 radical (unpaired) electrons. The van der Waals surface area contributed by atoms with E-state index in [1.807, 2.05) is 6.07 Å². The fourth-order valence-electron chi connectivity index (χ4n) is 1.21. The third kappa shape index (κ3) is 2.36. The van der Waals surface area contributed by atoms with Crippen LogP contribution in [-0.4, -0.2) is 29.9 Å². The Hall–Kier alpha value is -0.790. The molecule has 0 aromatic heterocycles. The number of hydrogen-bond donors (Lipinski definition) is 1. The molecule has 12 heavy (non-hydrogen) atoms. The number of hydrogen-bond acceptors (Lipinski definition) is 3. The SMILES string of the molecule is Cl.N#CCN1CCC[C@@H](N)C1=O. The number of piperidine rings is 1. The van der Waals surface area contributed by atoms with Crippen molar-refractivity contribution < 1.29 is 4.79 Å². The molecule has 0 aromatic carbocycles. The van der Waals surface area contributed by atoms with Crippen LogP contribution in [0.4, 0.5) is 0 Å². The van der Waals surface area contributed by atoms with Gasteiger partial charge in [0, 0.05) is 6.54 Å². The van der Waals surface area contributed by atoms with E-state index in [1.54, 1.807) is 0 Å². The molecular weight excluding hydrogens is 178 g/mol. The van der Waals surface area contributed by atoms with E-state index < -0.39 is 0 Å². The van der Waals surface area contributed by atoms with Gasteiger partial charge in [-0.1, -0.05) is 0 Å². The highest BCUT2D eigenvalue weighted by Gasteiger charge is 2.24. The van der Waals surface area contributed by atoms with Crippen LogP contribution in [0.1, 0.15) is 12.8 Å². The van der Waals surface area contributed by atoms with Crippen LogP contribution in [0.2, 0.25) is 0 Å². The lowest BCUT2D eigenvalue weighted by Gasteiger charge is -2.28. The Morgan fingerprint density at radius 2 is 2.42 bits per heavy atom. The number of rotatable bonds is 1. The Balaban J connectivity index is 0.00000121. The van der Waals surface area contributed by atoms with Gasteiger partial charge >= 0.3 is 0 Å². The monoisotopic (exact) mass is 189 g/mol. The molecular formula is C7H12ClN3O. The van der Waals surface area contributed by atoms with Crippen molar-refractivity contribution >= 4 is 18.3 Å². The Kier molecular flexibility index (Phi) is 4.64. The second-order valence-corrected chi connectivity index (χ2v) is 2.67. The highest BCUT2D eigenvalue weighted by Crippen LogP contribution is 2.08. The molecule has 0 unspecified atom stereocenters. The molecule has 4 nitrogen and oxygen atoms in total. The van der Waals surface area contributed by atoms with Crippen LogP contribution in [0.25, 0.3) is 0 Å². The predicted octanol–water partition coefficient (Wildman–Crippen LogP) is -0.119. The highest BCUT2D eigenvalue weighted by atomic mass is 35.5. The fourth-order valence-corrected chi connectivity index (χ4v) is 1.21. The van der Waals surface area contributed by atoms with E-state index >= 15 is 0 Å². The van der Waals surface area contributed by atoms with Crippen LogP contribution in [-0.2, 0) is 4.79 Å². The van der Waals surface area contributed by atoms with E-state index in [4.69, 9.17) is 11.0 Å². The summed E-state index contributed by atoms with van der Waals surface area (Å²) < 4.78 is 0. The molecule has 1 atom stereocenters. The average molecular weight is 190 g/mol. The second kappa shape index (κ2) is 4.96. The molecule has 1 aliphatic rings. The van der Waals surface area contributed by atoms with Crippen molar-refractivity contribution in [1.29, 1.82) is 5.26 Å². The van der Waals surface area contributed by atoms with Crippen molar-refractivity contribution in [3.8, 4) is 6.07 Å². The van der Waals surface area contributed by atoms with Crippen molar-refractivity contribution in [3.63, 3.8) is 0 Å². The maximum atomic E-state index is 11.2. The summed E-state index contributed by atoms with van der Waals surface area (Å²) in [4.78, 5) is 12.7. The third-order valence-corrected chi connectivity index (χ3v) is 1.83. The van der Waals surface area contributed by atoms with Gasteiger partial charge in [0.2, 0.25) is 5.91 Å². The topological polar surface area (TPSA) is 70.1 Å². The van der Waals surface area contributed by atoms with Gasteiger partial charge in [-0.3, -0.25) is 4.79 Å². The molecule has 0 aromatic rings. The molecule has 0 spiro atoms. The first kappa shape index (κ1) is 11.2. The molecule has 1 saturated heterocycles. The summed E-state index contributed by atoms with van der Waals surface area (Å²) in [5.74, 6) is -0.0854. The predicted molar refractivity (Wildman–Crippen MR) is 46.7 cm³/mol. The summed E-state index contributed by atoms with van der Waals surface area (Å²) in [6.07, 6.45) is 1.66. The zero-order valence-corrected chi connectivity index (χ0v) is 7.51. The van der Waals surface area contributed by atoms with Crippen LogP contribution in [0.15, 0.2) is 0 Å². The molecule has 1 amide bonds. The summed E-state index contributed by atoms with van der Waals surface area (Å²) in [7, 11) is 0. The molecule has 68 valence electrons. The van der Waals surface area contributed by atoms with Gasteiger partial charge in [0.25, 0.3) is 0 Å². The minimum atomic E-state index is -0.378. The quantitative estimate of drug-likeness (QED) is 0.585. The van der Waals surface area contributed by atoms with E-state index in [0.717, 1.165) is 12.8 Å². The molecule has 1 rings (SSSR count). The lowest BCUT2D eigenvalue weighted by atomic mass is 10.1. The van der Waals surface area contributed by atoms with E-state index in [0.29, 0.717) is 6.54 Å². The van der Waals surface area contributed by atoms with E-state index in [2.05, 4.69) is 0 Å². The van der Waals surface area contributed by atoms with Crippen molar-refractivity contribution in [2.75, 3.05) is 13.1 Å². The number of nitriles is 1. The van der Waals surface area contributed by atoms with Crippen LogP contribution in [0, 0.1) is 11.3 Å². The molecule has 1 aliphatic heterocycles. The first-order valence-corrected chi connectivity index (χ1v) is 3.67. The van der Waals surface area contributed by atoms with E-state index in [9.17, 15) is 4.79 Å². The number of carbonyl (C=O) groups excluding carboxylic acids is 1. The number of amides is 1. The minimum absolute atomic E-state index is 0. The number of halogens is 1. The summed E-state index contributed by atoms with van der Waals surface area (Å²) in [6, 6.07) is 1.56. The Bertz CT molecular complexity index is 201. The van der Waals surface area contributed by atoms with E-state index in [1.165, 1.54) is 4.90 Å². The van der Waals surface area contributed by atoms with Crippen molar-refractivity contribution in [2.24, 2.45) is 5.73 Å². The maximum Gasteiger partial charge on any atom is 0.240 e. The summed E-state index contributed by atoms with van der Waals surface area (Å²) >= 11 is 0. The summed E-state index contributed by atoms with van der Waals surface area (Å²) in [5.41, 5.74) is 5.50. The van der Waals surface area contributed by atoms with Gasteiger partial charge < -0.3 is 10.6 Å². The van der Waals surface area contributed by atoms with Gasteiger partial charge in [0.05, 0.1) is 12.1 Å². The average Bonchev–Trinajstić information content (AvgIpc) is 1.99. The van der Waals surface area contributed by atoms with Gasteiger partial charge in [-0.2, -0.15) is 5.26 Å². The molecule has 0 saturated carbocycles. The molecule has 5 heteroatoms. The minimum Gasteiger partial charge on any atom is -0.328 e. The smallest absolute Gasteiger partial charge is 0.240 e. The first-order chi connectivity index (χ1) is 5.25. The zero-order chi connectivity index (χ0) is 8.27. The number of likely N-dealkylation sites (tertiary alicyclic amines) is 1. The van der Waals surface area contributed by atoms with Crippen molar-refractivity contribution in [3.05, 3.63) is 0 Å². The number of nitrogens with two attached hydrogens (primary N) is 1. The first-order valence-electron chi connectivity index (χ1n) is 3.67. The normalized spacial score (nSPS) is 22.8. The molecule has 1 fully saturated rings. The Labute approximate surface area is 77.7 Å². The van der Waals surface area contributed by atoms with Crippen LogP contribution >= 0.6 is 12.4 Å². The lowest BCUT2D eigenvalue weighted by molar-refractivity contribution is -0.134. The number of carbonyl (C=O) groups is 1.